The van der Waals surface area contributed by atoms with Crippen molar-refractivity contribution in [2.45, 2.75) is 25.4 Å². The van der Waals surface area contributed by atoms with Crippen molar-refractivity contribution in [2.75, 3.05) is 26.7 Å². The Morgan fingerprint density at radius 3 is 3.05 bits per heavy atom. The van der Waals surface area contributed by atoms with Crippen LogP contribution < -0.4 is 10.1 Å². The Bertz CT molecular complexity index is 481. The van der Waals surface area contributed by atoms with Crippen LogP contribution in [0.25, 0.3) is 0 Å². The molecule has 0 aliphatic carbocycles. The topological polar surface area (TPSA) is 44.7 Å². The monoisotopic (exact) mass is 340 g/mol. The molecule has 0 bridgehead atoms. The molecule has 5 heteroatoms. The highest BCUT2D eigenvalue weighted by Crippen LogP contribution is 2.36. The minimum Gasteiger partial charge on any atom is -0.503 e. The van der Waals surface area contributed by atoms with Gasteiger partial charge in [0, 0.05) is 25.7 Å². The van der Waals surface area contributed by atoms with Crippen molar-refractivity contribution in [3.8, 4) is 11.5 Å². The summed E-state index contributed by atoms with van der Waals surface area (Å²) < 4.78 is 5.91. The van der Waals surface area contributed by atoms with Crippen LogP contribution >= 0.6 is 15.9 Å². The van der Waals surface area contributed by atoms with Crippen LogP contribution in [-0.2, 0) is 6.54 Å². The van der Waals surface area contributed by atoms with Crippen molar-refractivity contribution in [1.82, 2.24) is 10.2 Å². The zero-order valence-electron chi connectivity index (χ0n) is 11.7. The summed E-state index contributed by atoms with van der Waals surface area (Å²) in [6.45, 7) is 4.35. The Labute approximate surface area is 128 Å². The standard InChI is InChI=1S/C15H21BrN2O2/c1-20-14-6-10(5-12(16)15(14)19)7-18-8-11-3-2-4-17-13(11)9-18/h5-6,11,13,17,19H,2-4,7-9H2,1H3/t11-,13+/m0/s1. The third kappa shape index (κ3) is 2.80. The molecule has 2 saturated heterocycles. The highest BCUT2D eigenvalue weighted by atomic mass is 79.9. The van der Waals surface area contributed by atoms with Crippen LogP contribution in [0.5, 0.6) is 11.5 Å². The molecule has 2 aliphatic heterocycles. The van der Waals surface area contributed by atoms with E-state index in [9.17, 15) is 5.11 Å². The van der Waals surface area contributed by atoms with Crippen LogP contribution in [0.2, 0.25) is 0 Å². The van der Waals surface area contributed by atoms with Crippen molar-refractivity contribution < 1.29 is 9.84 Å². The molecule has 2 N–H and O–H groups in total. The normalized spacial score (nSPS) is 26.5. The fraction of sp³-hybridized carbons (Fsp3) is 0.600. The van der Waals surface area contributed by atoms with Crippen molar-refractivity contribution in [3.05, 3.63) is 22.2 Å². The van der Waals surface area contributed by atoms with E-state index in [2.05, 4.69) is 26.1 Å². The lowest BCUT2D eigenvalue weighted by atomic mass is 9.94. The van der Waals surface area contributed by atoms with E-state index in [4.69, 9.17) is 4.74 Å². The zero-order valence-corrected chi connectivity index (χ0v) is 13.3. The molecule has 3 rings (SSSR count). The summed E-state index contributed by atoms with van der Waals surface area (Å²) in [4.78, 5) is 2.49. The molecule has 0 aromatic heterocycles. The number of piperidine rings is 1. The minimum absolute atomic E-state index is 0.174. The van der Waals surface area contributed by atoms with Gasteiger partial charge in [0.2, 0.25) is 0 Å². The molecule has 0 unspecified atom stereocenters. The van der Waals surface area contributed by atoms with Gasteiger partial charge in [0.05, 0.1) is 11.6 Å². The summed E-state index contributed by atoms with van der Waals surface area (Å²) >= 11 is 3.39. The van der Waals surface area contributed by atoms with Crippen LogP contribution in [0, 0.1) is 5.92 Å². The Kier molecular flexibility index (Phi) is 4.19. The maximum atomic E-state index is 9.86. The lowest BCUT2D eigenvalue weighted by Gasteiger charge is -2.24. The van der Waals surface area contributed by atoms with Gasteiger partial charge in [-0.2, -0.15) is 0 Å². The Morgan fingerprint density at radius 2 is 2.30 bits per heavy atom. The van der Waals surface area contributed by atoms with Crippen molar-refractivity contribution in [3.63, 3.8) is 0 Å². The van der Waals surface area contributed by atoms with Gasteiger partial charge in [-0.25, -0.2) is 0 Å². The van der Waals surface area contributed by atoms with Crippen LogP contribution in [0.15, 0.2) is 16.6 Å². The summed E-state index contributed by atoms with van der Waals surface area (Å²) in [6, 6.07) is 4.56. The second-order valence-electron chi connectivity index (χ2n) is 5.79. The SMILES string of the molecule is COc1cc(CN2C[C@@H]3CCCN[C@@H]3C2)cc(Br)c1O. The van der Waals surface area contributed by atoms with Crippen molar-refractivity contribution >= 4 is 15.9 Å². The number of nitrogens with zero attached hydrogens (tertiary/aromatic N) is 1. The number of ether oxygens (including phenoxy) is 1. The van der Waals surface area contributed by atoms with E-state index >= 15 is 0 Å². The number of rotatable bonds is 3. The highest BCUT2D eigenvalue weighted by molar-refractivity contribution is 9.10. The molecule has 0 saturated carbocycles. The van der Waals surface area contributed by atoms with Gasteiger partial charge in [-0.15, -0.1) is 0 Å². The summed E-state index contributed by atoms with van der Waals surface area (Å²) in [5, 5.41) is 13.5. The predicted octanol–water partition coefficient (Wildman–Crippen LogP) is 2.35. The predicted molar refractivity (Wildman–Crippen MR) is 82.2 cm³/mol. The number of hydrogen-bond acceptors (Lipinski definition) is 4. The smallest absolute Gasteiger partial charge is 0.172 e. The van der Waals surface area contributed by atoms with Gasteiger partial charge in [0.25, 0.3) is 0 Å². The Balaban J connectivity index is 1.70. The highest BCUT2D eigenvalue weighted by Gasteiger charge is 2.34. The number of hydrogen-bond donors (Lipinski definition) is 2. The molecule has 1 aromatic carbocycles. The van der Waals surface area contributed by atoms with E-state index < -0.39 is 0 Å². The molecule has 1 aromatic rings. The number of halogens is 1. The van der Waals surface area contributed by atoms with E-state index in [1.54, 1.807) is 7.11 Å². The Morgan fingerprint density at radius 1 is 1.45 bits per heavy atom. The van der Waals surface area contributed by atoms with E-state index in [1.165, 1.54) is 24.9 Å². The quantitative estimate of drug-likeness (QED) is 0.886. The average Bonchev–Trinajstić information content (AvgIpc) is 2.84. The molecular formula is C15H21BrN2O2. The van der Waals surface area contributed by atoms with Gasteiger partial charge in [0.1, 0.15) is 0 Å². The minimum atomic E-state index is 0.174. The first-order valence-corrected chi connectivity index (χ1v) is 7.98. The molecule has 0 spiro atoms. The first kappa shape index (κ1) is 14.2. The van der Waals surface area contributed by atoms with Crippen molar-refractivity contribution in [2.24, 2.45) is 5.92 Å². The second-order valence-corrected chi connectivity index (χ2v) is 6.64. The molecule has 110 valence electrons. The number of aromatic hydroxyl groups is 1. The maximum absolute atomic E-state index is 9.86. The van der Waals surface area contributed by atoms with E-state index in [0.29, 0.717) is 16.3 Å². The van der Waals surface area contributed by atoms with Gasteiger partial charge >= 0.3 is 0 Å². The number of phenolic OH excluding ortho intramolecular Hbond substituents is 1. The second kappa shape index (κ2) is 5.92. The number of fused-ring (bicyclic) bond motifs is 1. The lowest BCUT2D eigenvalue weighted by Crippen LogP contribution is -2.40. The third-order valence-electron chi connectivity index (χ3n) is 4.39. The van der Waals surface area contributed by atoms with E-state index in [1.807, 2.05) is 12.1 Å². The Hall–Kier alpha value is -0.780. The first-order valence-electron chi connectivity index (χ1n) is 7.18. The number of likely N-dealkylation sites (tertiary alicyclic amines) is 1. The number of methoxy groups -OCH3 is 1. The molecule has 20 heavy (non-hydrogen) atoms. The van der Waals surface area contributed by atoms with E-state index in [-0.39, 0.29) is 5.75 Å². The zero-order chi connectivity index (χ0) is 14.1. The molecule has 0 amide bonds. The molecule has 2 atom stereocenters. The van der Waals surface area contributed by atoms with Crippen molar-refractivity contribution in [1.29, 1.82) is 0 Å². The van der Waals surface area contributed by atoms with Crippen LogP contribution in [0.1, 0.15) is 18.4 Å². The summed E-state index contributed by atoms with van der Waals surface area (Å²) in [5.41, 5.74) is 1.17. The molecule has 0 radical (unpaired) electrons. The summed E-state index contributed by atoms with van der Waals surface area (Å²) in [6.07, 6.45) is 2.64. The fourth-order valence-electron chi connectivity index (χ4n) is 3.40. The molecule has 4 nitrogen and oxygen atoms in total. The van der Waals surface area contributed by atoms with E-state index in [0.717, 1.165) is 25.6 Å². The van der Waals surface area contributed by atoms with Gasteiger partial charge < -0.3 is 15.2 Å². The number of phenols is 1. The molecule has 2 heterocycles. The summed E-state index contributed by atoms with van der Waals surface area (Å²) in [7, 11) is 1.58. The molecule has 2 fully saturated rings. The van der Waals surface area contributed by atoms with Crippen LogP contribution in [0.3, 0.4) is 0 Å². The summed E-state index contributed by atoms with van der Waals surface area (Å²) in [5.74, 6) is 1.50. The van der Waals surface area contributed by atoms with Gasteiger partial charge in [0.15, 0.2) is 11.5 Å². The fourth-order valence-corrected chi connectivity index (χ4v) is 3.89. The molecular weight excluding hydrogens is 320 g/mol. The van der Waals surface area contributed by atoms with Crippen LogP contribution in [-0.4, -0.2) is 42.8 Å². The number of nitrogens with one attached hydrogen (secondary N) is 1. The lowest BCUT2D eigenvalue weighted by molar-refractivity contribution is 0.311. The molecule has 2 aliphatic rings. The largest absolute Gasteiger partial charge is 0.503 e. The van der Waals surface area contributed by atoms with Crippen LogP contribution in [0.4, 0.5) is 0 Å². The first-order chi connectivity index (χ1) is 9.67. The third-order valence-corrected chi connectivity index (χ3v) is 4.99. The number of benzene rings is 1. The van der Waals surface area contributed by atoms with Gasteiger partial charge in [-0.05, 0) is 58.9 Å². The average molecular weight is 341 g/mol. The van der Waals surface area contributed by atoms with Gasteiger partial charge in [-0.3, -0.25) is 4.90 Å². The maximum Gasteiger partial charge on any atom is 0.172 e. The van der Waals surface area contributed by atoms with Gasteiger partial charge in [-0.1, -0.05) is 0 Å².